The molecule has 0 saturated carbocycles. The molecule has 5 heterocycles. The largest absolute Gasteiger partial charge is 0.377 e. The van der Waals surface area contributed by atoms with E-state index in [-0.39, 0.29) is 55.0 Å². The second-order valence-corrected chi connectivity index (χ2v) is 15.9. The van der Waals surface area contributed by atoms with Crippen molar-refractivity contribution in [3.63, 3.8) is 0 Å². The standard InChI is InChI=1S/C42H45ClFN11O6S/c1-24-25(2)62-41-35(24)36(28-6-8-29(43)9-7-28)48-31(38-53-52-26(3)55(38)41)22-34(57)47-15-17-60-19-21-61-20-18-59-16-14-46-33(56)13-12-32-49-37-39(50-42(45)51-40(37)58)54(32)23-27-4-10-30(44)11-5-27/h4-13,31H,14-23H2,1-3H3,(H,46,56)(H,47,57)(H3,45,50,51,58)/b13-12+/t31-/m0/s1. The third-order valence-corrected chi connectivity index (χ3v) is 11.3. The first kappa shape index (κ1) is 44.0. The Hall–Kier alpha value is -6.12. The number of benzene rings is 2. The molecule has 62 heavy (non-hydrogen) atoms. The summed E-state index contributed by atoms with van der Waals surface area (Å²) in [5, 5.41) is 16.1. The molecule has 2 amide bonds. The lowest BCUT2D eigenvalue weighted by atomic mass is 9.99. The summed E-state index contributed by atoms with van der Waals surface area (Å²) in [6.45, 7) is 8.67. The van der Waals surface area contributed by atoms with Crippen molar-refractivity contribution in [1.29, 1.82) is 0 Å². The number of H-pyrrole nitrogens is 1. The summed E-state index contributed by atoms with van der Waals surface area (Å²) in [6, 6.07) is 12.8. The van der Waals surface area contributed by atoms with Crippen LogP contribution >= 0.6 is 22.9 Å². The highest BCUT2D eigenvalue weighted by molar-refractivity contribution is 7.15. The number of nitrogens with one attached hydrogen (secondary N) is 3. The Kier molecular flexibility index (Phi) is 14.3. The van der Waals surface area contributed by atoms with Gasteiger partial charge in [-0.1, -0.05) is 35.9 Å². The van der Waals surface area contributed by atoms with Crippen LogP contribution in [-0.2, 0) is 30.3 Å². The monoisotopic (exact) mass is 885 g/mol. The number of nitrogen functional groups attached to an aromatic ring is 1. The van der Waals surface area contributed by atoms with Crippen molar-refractivity contribution in [2.45, 2.75) is 39.8 Å². The lowest BCUT2D eigenvalue weighted by molar-refractivity contribution is -0.121. The van der Waals surface area contributed by atoms with Crippen LogP contribution in [-0.4, -0.2) is 105 Å². The first-order valence-electron chi connectivity index (χ1n) is 19.8. The first-order valence-corrected chi connectivity index (χ1v) is 21.0. The third kappa shape index (κ3) is 10.5. The van der Waals surface area contributed by atoms with E-state index in [2.05, 4.69) is 49.6 Å². The molecule has 0 aliphatic carbocycles. The lowest BCUT2D eigenvalue weighted by Crippen LogP contribution is -2.29. The van der Waals surface area contributed by atoms with E-state index < -0.39 is 17.5 Å². The molecule has 2 aromatic carbocycles. The van der Waals surface area contributed by atoms with Gasteiger partial charge in [0.25, 0.3) is 5.56 Å². The number of ether oxygens (including phenoxy) is 3. The molecule has 5 N–H and O–H groups in total. The molecule has 17 nitrogen and oxygen atoms in total. The van der Waals surface area contributed by atoms with Crippen molar-refractivity contribution in [2.24, 2.45) is 4.99 Å². The number of hydrogen-bond donors (Lipinski definition) is 4. The third-order valence-electron chi connectivity index (χ3n) is 9.89. The van der Waals surface area contributed by atoms with Gasteiger partial charge in [-0.25, -0.2) is 9.37 Å². The molecule has 6 aromatic rings. The van der Waals surface area contributed by atoms with Gasteiger partial charge in [-0.05, 0) is 62.2 Å². The zero-order valence-electron chi connectivity index (χ0n) is 34.2. The summed E-state index contributed by atoms with van der Waals surface area (Å²) in [5.74, 6) is 0.571. The van der Waals surface area contributed by atoms with Crippen molar-refractivity contribution < 1.29 is 28.2 Å². The number of rotatable bonds is 19. The molecule has 7 rings (SSSR count). The van der Waals surface area contributed by atoms with Gasteiger partial charge in [0, 0.05) is 40.2 Å². The predicted octanol–water partition coefficient (Wildman–Crippen LogP) is 4.39. The number of aromatic amines is 1. The molecule has 0 saturated heterocycles. The minimum atomic E-state index is -0.567. The van der Waals surface area contributed by atoms with Gasteiger partial charge in [0.1, 0.15) is 28.5 Å². The summed E-state index contributed by atoms with van der Waals surface area (Å²) in [5.41, 5.74) is 10.1. The van der Waals surface area contributed by atoms with Crippen LogP contribution in [0.4, 0.5) is 10.3 Å². The smallest absolute Gasteiger partial charge is 0.280 e. The van der Waals surface area contributed by atoms with Crippen LogP contribution in [0.3, 0.4) is 0 Å². The highest BCUT2D eigenvalue weighted by Crippen LogP contribution is 2.39. The predicted molar refractivity (Wildman–Crippen MR) is 233 cm³/mol. The molecule has 0 fully saturated rings. The van der Waals surface area contributed by atoms with Gasteiger partial charge in [-0.15, -0.1) is 21.5 Å². The average molecular weight is 886 g/mol. The number of aliphatic imine (C=N–C) groups is 1. The molecular weight excluding hydrogens is 841 g/mol. The Morgan fingerprint density at radius 2 is 1.61 bits per heavy atom. The van der Waals surface area contributed by atoms with Gasteiger partial charge >= 0.3 is 0 Å². The van der Waals surface area contributed by atoms with E-state index in [0.29, 0.717) is 56.3 Å². The van der Waals surface area contributed by atoms with Gasteiger partial charge in [0.2, 0.25) is 17.8 Å². The van der Waals surface area contributed by atoms with Crippen molar-refractivity contribution in [1.82, 2.24) is 44.9 Å². The fourth-order valence-electron chi connectivity index (χ4n) is 6.74. The summed E-state index contributed by atoms with van der Waals surface area (Å²) in [4.78, 5) is 55.5. The Labute approximate surface area is 364 Å². The number of anilines is 1. The molecular formula is C42H45ClFN11O6S. The number of amides is 2. The quantitative estimate of drug-likeness (QED) is 0.0661. The van der Waals surface area contributed by atoms with Crippen LogP contribution in [0.5, 0.6) is 0 Å². The first-order chi connectivity index (χ1) is 30.0. The Morgan fingerprint density at radius 1 is 0.935 bits per heavy atom. The average Bonchev–Trinajstić information content (AvgIpc) is 3.87. The number of imidazole rings is 1. The van der Waals surface area contributed by atoms with E-state index in [0.717, 1.165) is 38.8 Å². The van der Waals surface area contributed by atoms with E-state index in [1.54, 1.807) is 28.0 Å². The highest BCUT2D eigenvalue weighted by atomic mass is 35.5. The maximum absolute atomic E-state index is 13.5. The summed E-state index contributed by atoms with van der Waals surface area (Å²) in [6.07, 6.45) is 2.82. The van der Waals surface area contributed by atoms with Gasteiger partial charge < -0.3 is 35.1 Å². The Morgan fingerprint density at radius 3 is 2.32 bits per heavy atom. The number of halogens is 2. The molecule has 0 spiro atoms. The van der Waals surface area contributed by atoms with Crippen molar-refractivity contribution in [2.75, 3.05) is 58.5 Å². The number of aromatic nitrogens is 7. The van der Waals surface area contributed by atoms with Gasteiger partial charge in [-0.2, -0.15) is 4.98 Å². The molecule has 0 bridgehead atoms. The molecule has 324 valence electrons. The number of fused-ring (bicyclic) bond motifs is 4. The topological polar surface area (TPSA) is 219 Å². The molecule has 20 heteroatoms. The molecule has 0 unspecified atom stereocenters. The van der Waals surface area contributed by atoms with Crippen molar-refractivity contribution in [3.8, 4) is 5.00 Å². The number of carbonyl (C=O) groups excluding carboxylic acids is 2. The van der Waals surface area contributed by atoms with E-state index in [9.17, 15) is 18.8 Å². The zero-order valence-corrected chi connectivity index (χ0v) is 35.8. The summed E-state index contributed by atoms with van der Waals surface area (Å²) < 4.78 is 33.9. The minimum Gasteiger partial charge on any atom is -0.377 e. The Bertz CT molecular complexity index is 2670. The zero-order chi connectivity index (χ0) is 43.8. The van der Waals surface area contributed by atoms with E-state index in [4.69, 9.17) is 36.5 Å². The molecule has 0 radical (unpaired) electrons. The van der Waals surface area contributed by atoms with Crippen LogP contribution in [0, 0.1) is 26.6 Å². The number of hydrogen-bond acceptors (Lipinski definition) is 13. The van der Waals surface area contributed by atoms with E-state index >= 15 is 0 Å². The lowest BCUT2D eigenvalue weighted by Gasteiger charge is -2.13. The molecule has 4 aromatic heterocycles. The summed E-state index contributed by atoms with van der Waals surface area (Å²) in [7, 11) is 0. The van der Waals surface area contributed by atoms with Crippen LogP contribution < -0.4 is 21.9 Å². The van der Waals surface area contributed by atoms with Gasteiger partial charge in [-0.3, -0.25) is 28.9 Å². The van der Waals surface area contributed by atoms with Gasteiger partial charge in [0.05, 0.1) is 58.3 Å². The molecule has 1 aliphatic heterocycles. The second kappa shape index (κ2) is 20.2. The number of aryl methyl sites for hydroxylation is 2. The van der Waals surface area contributed by atoms with E-state index in [1.165, 1.54) is 29.2 Å². The maximum atomic E-state index is 13.5. The van der Waals surface area contributed by atoms with Gasteiger partial charge in [0.15, 0.2) is 17.0 Å². The number of nitrogens with two attached hydrogens (primary N) is 1. The fraction of sp³-hybridized carbons (Fsp3) is 0.333. The van der Waals surface area contributed by atoms with Crippen molar-refractivity contribution in [3.05, 3.63) is 120 Å². The van der Waals surface area contributed by atoms with E-state index in [1.807, 2.05) is 35.8 Å². The normalized spacial score (nSPS) is 13.6. The fourth-order valence-corrected chi connectivity index (χ4v) is 8.08. The summed E-state index contributed by atoms with van der Waals surface area (Å²) >= 11 is 7.87. The Balaban J connectivity index is 0.789. The van der Waals surface area contributed by atoms with Crippen LogP contribution in [0.15, 0.2) is 64.4 Å². The number of carbonyl (C=O) groups is 2. The van der Waals surface area contributed by atoms with Crippen LogP contribution in [0.1, 0.15) is 57.1 Å². The molecule has 1 atom stereocenters. The highest BCUT2D eigenvalue weighted by Gasteiger charge is 2.32. The molecule has 1 aliphatic rings. The van der Waals surface area contributed by atoms with Crippen molar-refractivity contribution >= 4 is 63.7 Å². The van der Waals surface area contributed by atoms with Crippen LogP contribution in [0.25, 0.3) is 22.2 Å². The number of thiophene rings is 1. The SMILES string of the molecule is Cc1sc2c(c1C)C(c1ccc(Cl)cc1)=N[C@@H](CC(=O)NCCOCCOCCOCCNC(=O)/C=C/c1nc3c(=O)[nH]c(N)nc3n1Cc1ccc(F)cc1)c1nnc(C)n1-2. The number of nitrogens with zero attached hydrogens (tertiary/aromatic N) is 7. The minimum absolute atomic E-state index is 0.0559. The maximum Gasteiger partial charge on any atom is 0.280 e. The van der Waals surface area contributed by atoms with Crippen LogP contribution in [0.2, 0.25) is 5.02 Å². The second-order valence-electron chi connectivity index (χ2n) is 14.2.